The summed E-state index contributed by atoms with van der Waals surface area (Å²) in [7, 11) is 0. The zero-order valence-corrected chi connectivity index (χ0v) is 10.6. The van der Waals surface area contributed by atoms with Crippen LogP contribution in [0.4, 0.5) is 5.95 Å². The van der Waals surface area contributed by atoms with Crippen molar-refractivity contribution in [2.75, 3.05) is 11.9 Å². The topological polar surface area (TPSA) is 37.8 Å². The Morgan fingerprint density at radius 1 is 1.47 bits per heavy atom. The minimum absolute atomic E-state index is 0.676. The van der Waals surface area contributed by atoms with Crippen LogP contribution in [0, 0.1) is 0 Å². The van der Waals surface area contributed by atoms with Gasteiger partial charge in [0.1, 0.15) is 0 Å². The summed E-state index contributed by atoms with van der Waals surface area (Å²) in [5, 5.41) is 5.13. The normalized spacial score (nSPS) is 10.3. The van der Waals surface area contributed by atoms with Crippen molar-refractivity contribution in [3.05, 3.63) is 28.2 Å². The molecule has 0 aliphatic heterocycles. The molecule has 78 valence electrons. The zero-order chi connectivity index (χ0) is 10.7. The SMILES string of the molecule is CCNc1nccc(-c2sccc2Br)n1. The van der Waals surface area contributed by atoms with Gasteiger partial charge in [0, 0.05) is 17.2 Å². The first-order chi connectivity index (χ1) is 7.31. The van der Waals surface area contributed by atoms with Gasteiger partial charge in [-0.25, -0.2) is 9.97 Å². The molecule has 0 radical (unpaired) electrons. The standard InChI is InChI=1S/C10H10BrN3S/c1-2-12-10-13-5-3-8(14-10)9-7(11)4-6-15-9/h3-6H,2H2,1H3,(H,12,13,14). The quantitative estimate of drug-likeness (QED) is 0.938. The molecule has 15 heavy (non-hydrogen) atoms. The van der Waals surface area contributed by atoms with Crippen molar-refractivity contribution < 1.29 is 0 Å². The van der Waals surface area contributed by atoms with Gasteiger partial charge in [-0.1, -0.05) is 0 Å². The molecule has 2 aromatic rings. The molecule has 0 aliphatic carbocycles. The van der Waals surface area contributed by atoms with E-state index in [2.05, 4.69) is 31.2 Å². The second-order valence-corrected chi connectivity index (χ2v) is 4.66. The Bertz CT molecular complexity index is 455. The van der Waals surface area contributed by atoms with Crippen LogP contribution in [0.25, 0.3) is 10.6 Å². The van der Waals surface area contributed by atoms with Crippen molar-refractivity contribution >= 4 is 33.2 Å². The van der Waals surface area contributed by atoms with E-state index in [0.717, 1.165) is 21.6 Å². The third-order valence-corrected chi connectivity index (χ3v) is 3.70. The number of halogens is 1. The van der Waals surface area contributed by atoms with Crippen molar-refractivity contribution in [2.24, 2.45) is 0 Å². The van der Waals surface area contributed by atoms with Crippen molar-refractivity contribution in [2.45, 2.75) is 6.92 Å². The number of hydrogen-bond acceptors (Lipinski definition) is 4. The van der Waals surface area contributed by atoms with Gasteiger partial charge in [-0.2, -0.15) is 0 Å². The largest absolute Gasteiger partial charge is 0.354 e. The van der Waals surface area contributed by atoms with Crippen molar-refractivity contribution in [3.63, 3.8) is 0 Å². The van der Waals surface area contributed by atoms with Gasteiger partial charge in [-0.05, 0) is 40.4 Å². The maximum absolute atomic E-state index is 4.42. The Morgan fingerprint density at radius 3 is 3.00 bits per heavy atom. The Kier molecular flexibility index (Phi) is 3.33. The number of rotatable bonds is 3. The van der Waals surface area contributed by atoms with Gasteiger partial charge in [0.25, 0.3) is 0 Å². The van der Waals surface area contributed by atoms with Gasteiger partial charge in [0.15, 0.2) is 0 Å². The lowest BCUT2D eigenvalue weighted by molar-refractivity contribution is 1.09. The average Bonchev–Trinajstić information content (AvgIpc) is 2.65. The van der Waals surface area contributed by atoms with Crippen LogP contribution in [0.15, 0.2) is 28.2 Å². The Labute approximate surface area is 101 Å². The summed E-state index contributed by atoms with van der Waals surface area (Å²) in [6, 6.07) is 3.94. The third-order valence-electron chi connectivity index (χ3n) is 1.84. The predicted molar refractivity (Wildman–Crippen MR) is 67.2 cm³/mol. The molecule has 1 N–H and O–H groups in total. The highest BCUT2D eigenvalue weighted by Gasteiger charge is 2.06. The first kappa shape index (κ1) is 10.6. The van der Waals surface area contributed by atoms with Crippen LogP contribution in [-0.2, 0) is 0 Å². The molecule has 0 saturated carbocycles. The number of nitrogens with one attached hydrogen (secondary N) is 1. The molecule has 0 aliphatic rings. The predicted octanol–water partition coefficient (Wildman–Crippen LogP) is 3.40. The zero-order valence-electron chi connectivity index (χ0n) is 8.20. The second-order valence-electron chi connectivity index (χ2n) is 2.89. The van der Waals surface area contributed by atoms with Crippen LogP contribution >= 0.6 is 27.3 Å². The lowest BCUT2D eigenvalue weighted by Gasteiger charge is -2.02. The average molecular weight is 284 g/mol. The third kappa shape index (κ3) is 2.35. The fourth-order valence-corrected chi connectivity index (χ4v) is 2.75. The maximum Gasteiger partial charge on any atom is 0.223 e. The van der Waals surface area contributed by atoms with Crippen LogP contribution in [0.5, 0.6) is 0 Å². The molecule has 5 heteroatoms. The highest BCUT2D eigenvalue weighted by atomic mass is 79.9. The van der Waals surface area contributed by atoms with Crippen LogP contribution < -0.4 is 5.32 Å². The number of anilines is 1. The van der Waals surface area contributed by atoms with Crippen molar-refractivity contribution in [1.29, 1.82) is 0 Å². The summed E-state index contributed by atoms with van der Waals surface area (Å²) >= 11 is 5.16. The van der Waals surface area contributed by atoms with E-state index in [9.17, 15) is 0 Å². The summed E-state index contributed by atoms with van der Waals surface area (Å²) < 4.78 is 1.08. The first-order valence-electron chi connectivity index (χ1n) is 4.61. The first-order valence-corrected chi connectivity index (χ1v) is 6.29. The second kappa shape index (κ2) is 4.72. The van der Waals surface area contributed by atoms with E-state index in [4.69, 9.17) is 0 Å². The molecule has 0 saturated heterocycles. The van der Waals surface area contributed by atoms with E-state index in [1.54, 1.807) is 17.5 Å². The summed E-state index contributed by atoms with van der Waals surface area (Å²) in [5.41, 5.74) is 0.947. The molecule has 0 aromatic carbocycles. The lowest BCUT2D eigenvalue weighted by Crippen LogP contribution is -2.01. The highest BCUT2D eigenvalue weighted by molar-refractivity contribution is 9.10. The molecular weight excluding hydrogens is 274 g/mol. The van der Waals surface area contributed by atoms with Gasteiger partial charge in [-0.15, -0.1) is 11.3 Å². The number of hydrogen-bond donors (Lipinski definition) is 1. The van der Waals surface area contributed by atoms with E-state index in [-0.39, 0.29) is 0 Å². The number of aromatic nitrogens is 2. The van der Waals surface area contributed by atoms with Gasteiger partial charge in [-0.3, -0.25) is 0 Å². The number of thiophene rings is 1. The van der Waals surface area contributed by atoms with Crippen LogP contribution in [0.2, 0.25) is 0 Å². The molecule has 0 spiro atoms. The van der Waals surface area contributed by atoms with E-state index in [1.807, 2.05) is 24.4 Å². The Hall–Kier alpha value is -0.940. The minimum atomic E-state index is 0.676. The van der Waals surface area contributed by atoms with Crippen LogP contribution in [0.3, 0.4) is 0 Å². The summed E-state index contributed by atoms with van der Waals surface area (Å²) in [5.74, 6) is 0.676. The van der Waals surface area contributed by atoms with E-state index in [0.29, 0.717) is 5.95 Å². The molecule has 0 bridgehead atoms. The van der Waals surface area contributed by atoms with E-state index >= 15 is 0 Å². The van der Waals surface area contributed by atoms with E-state index in [1.165, 1.54) is 0 Å². The molecule has 2 rings (SSSR count). The van der Waals surface area contributed by atoms with E-state index < -0.39 is 0 Å². The van der Waals surface area contributed by atoms with Crippen LogP contribution in [-0.4, -0.2) is 16.5 Å². The molecule has 3 nitrogen and oxygen atoms in total. The Morgan fingerprint density at radius 2 is 2.33 bits per heavy atom. The fraction of sp³-hybridized carbons (Fsp3) is 0.200. The molecule has 0 unspecified atom stereocenters. The number of nitrogens with zero attached hydrogens (tertiary/aromatic N) is 2. The molecule has 2 heterocycles. The molecule has 0 fully saturated rings. The fourth-order valence-electron chi connectivity index (χ4n) is 1.20. The molecular formula is C10H10BrN3S. The van der Waals surface area contributed by atoms with Gasteiger partial charge in [0.05, 0.1) is 10.6 Å². The summed E-state index contributed by atoms with van der Waals surface area (Å²) in [6.07, 6.45) is 1.77. The Balaban J connectivity index is 2.37. The summed E-state index contributed by atoms with van der Waals surface area (Å²) in [6.45, 7) is 2.85. The van der Waals surface area contributed by atoms with Gasteiger partial charge >= 0.3 is 0 Å². The summed E-state index contributed by atoms with van der Waals surface area (Å²) in [4.78, 5) is 9.70. The lowest BCUT2D eigenvalue weighted by atomic mass is 10.3. The van der Waals surface area contributed by atoms with Crippen LogP contribution in [0.1, 0.15) is 6.92 Å². The molecule has 2 aromatic heterocycles. The van der Waals surface area contributed by atoms with Gasteiger partial charge < -0.3 is 5.32 Å². The molecule has 0 amide bonds. The van der Waals surface area contributed by atoms with Crippen molar-refractivity contribution in [3.8, 4) is 10.6 Å². The molecule has 0 atom stereocenters. The smallest absolute Gasteiger partial charge is 0.223 e. The van der Waals surface area contributed by atoms with Gasteiger partial charge in [0.2, 0.25) is 5.95 Å². The van der Waals surface area contributed by atoms with Crippen molar-refractivity contribution in [1.82, 2.24) is 9.97 Å². The minimum Gasteiger partial charge on any atom is -0.354 e. The monoisotopic (exact) mass is 283 g/mol. The highest BCUT2D eigenvalue weighted by Crippen LogP contribution is 2.32. The maximum atomic E-state index is 4.42.